The van der Waals surface area contributed by atoms with E-state index >= 15 is 0 Å². The van der Waals surface area contributed by atoms with E-state index in [-0.39, 0.29) is 35.7 Å². The van der Waals surface area contributed by atoms with Crippen LogP contribution in [0.4, 0.5) is 26.4 Å². The Balaban J connectivity index is 1.52. The summed E-state index contributed by atoms with van der Waals surface area (Å²) in [6, 6.07) is 3.82. The number of benzene rings is 1. The molecule has 0 aliphatic heterocycles. The molecule has 2 heterocycles. The number of imidazole rings is 1. The molecule has 2 fully saturated rings. The molecule has 1 unspecified atom stereocenters. The number of aromatic nitrogens is 4. The molecule has 2 aromatic heterocycles. The molecular weight excluding hydrogens is 454 g/mol. The second-order valence-electron chi connectivity index (χ2n) is 10.4. The van der Waals surface area contributed by atoms with Crippen LogP contribution in [-0.2, 0) is 0 Å². The smallest absolute Gasteiger partial charge is 0.224 e. The zero-order valence-corrected chi connectivity index (χ0v) is 20.0. The Morgan fingerprint density at radius 3 is 2.40 bits per heavy atom. The third kappa shape index (κ3) is 4.95. The van der Waals surface area contributed by atoms with Gasteiger partial charge in [0.1, 0.15) is 22.8 Å². The Morgan fingerprint density at radius 1 is 1.03 bits per heavy atom. The zero-order chi connectivity index (χ0) is 24.7. The van der Waals surface area contributed by atoms with Crippen LogP contribution in [0, 0.1) is 17.6 Å². The van der Waals surface area contributed by atoms with Crippen molar-refractivity contribution in [2.24, 2.45) is 5.92 Å². The lowest BCUT2D eigenvalue weighted by molar-refractivity contribution is 0.0186. The van der Waals surface area contributed by atoms with Crippen LogP contribution in [0.25, 0.3) is 11.2 Å². The number of aliphatic hydroxyl groups is 2. The number of hydrogen-bond acceptors (Lipinski definition) is 7. The van der Waals surface area contributed by atoms with Crippen molar-refractivity contribution in [3.8, 4) is 0 Å². The summed E-state index contributed by atoms with van der Waals surface area (Å²) in [5.74, 6) is -0.593. The number of fused-ring (bicyclic) bond motifs is 1. The van der Waals surface area contributed by atoms with Gasteiger partial charge < -0.3 is 20.8 Å². The number of nitrogens with zero attached hydrogens (tertiary/aromatic N) is 4. The largest absolute Gasteiger partial charge is 0.393 e. The number of halogens is 2. The zero-order valence-electron chi connectivity index (χ0n) is 20.0. The van der Waals surface area contributed by atoms with E-state index in [0.29, 0.717) is 23.5 Å². The highest BCUT2D eigenvalue weighted by Crippen LogP contribution is 2.43. The Kier molecular flexibility index (Phi) is 6.35. The van der Waals surface area contributed by atoms with E-state index in [1.54, 1.807) is 6.20 Å². The molecule has 4 N–H and O–H groups in total. The summed E-state index contributed by atoms with van der Waals surface area (Å²) in [6.45, 7) is 3.62. The minimum atomic E-state index is -0.830. The van der Waals surface area contributed by atoms with Crippen LogP contribution in [0.5, 0.6) is 0 Å². The van der Waals surface area contributed by atoms with E-state index < -0.39 is 17.2 Å². The summed E-state index contributed by atoms with van der Waals surface area (Å²) in [6.07, 6.45) is 6.79. The van der Waals surface area contributed by atoms with Gasteiger partial charge in [-0.25, -0.2) is 18.7 Å². The van der Waals surface area contributed by atoms with Gasteiger partial charge in [0.05, 0.1) is 17.9 Å². The van der Waals surface area contributed by atoms with Crippen LogP contribution in [0.1, 0.15) is 64.8 Å². The molecule has 0 radical (unpaired) electrons. The van der Waals surface area contributed by atoms with Crippen molar-refractivity contribution in [1.29, 1.82) is 0 Å². The van der Waals surface area contributed by atoms with E-state index in [1.807, 2.05) is 18.4 Å². The lowest BCUT2D eigenvalue weighted by atomic mass is 9.89. The van der Waals surface area contributed by atoms with Gasteiger partial charge in [-0.3, -0.25) is 4.57 Å². The minimum Gasteiger partial charge on any atom is -0.393 e. The number of anilines is 3. The second kappa shape index (κ2) is 9.31. The monoisotopic (exact) mass is 486 g/mol. The Bertz CT molecular complexity index is 1180. The number of aliphatic hydroxyl groups excluding tert-OH is 1. The van der Waals surface area contributed by atoms with E-state index in [9.17, 15) is 19.0 Å². The van der Waals surface area contributed by atoms with E-state index in [0.717, 1.165) is 38.5 Å². The lowest BCUT2D eigenvalue weighted by Gasteiger charge is -2.26. The summed E-state index contributed by atoms with van der Waals surface area (Å²) < 4.78 is 30.8. The molecular formula is C25H32F2N6O2. The molecule has 8 nitrogen and oxygen atoms in total. The first kappa shape index (κ1) is 23.9. The van der Waals surface area contributed by atoms with Crippen LogP contribution in [-0.4, -0.2) is 47.5 Å². The van der Waals surface area contributed by atoms with Crippen LogP contribution < -0.4 is 10.6 Å². The van der Waals surface area contributed by atoms with Crippen molar-refractivity contribution in [1.82, 2.24) is 19.5 Å². The van der Waals surface area contributed by atoms with Gasteiger partial charge in [-0.15, -0.1) is 0 Å². The molecule has 2 atom stereocenters. The number of para-hydroxylation sites is 1. The van der Waals surface area contributed by atoms with Gasteiger partial charge in [0.2, 0.25) is 11.9 Å². The number of hydrogen-bond donors (Lipinski definition) is 4. The van der Waals surface area contributed by atoms with Gasteiger partial charge in [-0.2, -0.15) is 4.98 Å². The quantitative estimate of drug-likeness (QED) is 0.401. The van der Waals surface area contributed by atoms with Gasteiger partial charge in [0, 0.05) is 12.1 Å². The van der Waals surface area contributed by atoms with Crippen LogP contribution in [0.3, 0.4) is 0 Å². The predicted molar refractivity (Wildman–Crippen MR) is 130 cm³/mol. The first-order valence-corrected chi connectivity index (χ1v) is 12.3. The van der Waals surface area contributed by atoms with Crippen molar-refractivity contribution < 1.29 is 19.0 Å². The second-order valence-corrected chi connectivity index (χ2v) is 10.4. The third-order valence-electron chi connectivity index (χ3n) is 7.43. The van der Waals surface area contributed by atoms with Crippen molar-refractivity contribution in [2.45, 2.75) is 82.6 Å². The van der Waals surface area contributed by atoms with Crippen molar-refractivity contribution >= 4 is 28.7 Å². The Hall–Kier alpha value is -2.85. The van der Waals surface area contributed by atoms with Gasteiger partial charge >= 0.3 is 0 Å². The van der Waals surface area contributed by atoms with Gasteiger partial charge in [0.25, 0.3) is 0 Å². The maximum atomic E-state index is 14.4. The maximum Gasteiger partial charge on any atom is 0.224 e. The lowest BCUT2D eigenvalue weighted by Crippen LogP contribution is -2.29. The van der Waals surface area contributed by atoms with Crippen LogP contribution in [0.15, 0.2) is 24.4 Å². The molecule has 188 valence electrons. The standard InChI is InChI=1S/C25H32F2N6O2/c1-25(2,35)14-6-9-16(12-14)33-22-20(30-24(33)31-21-18(26)4-3-5-19(21)27)13-28-23(32-22)29-15-7-10-17(34)11-8-15/h3-5,13-17,34-35H,6-12H2,1-2H3,(H,30,31)(H,28,29,32)/t14-,15-,16?,17-/m1/s1. The fourth-order valence-corrected chi connectivity index (χ4v) is 5.36. The first-order valence-electron chi connectivity index (χ1n) is 12.3. The third-order valence-corrected chi connectivity index (χ3v) is 7.43. The van der Waals surface area contributed by atoms with Gasteiger partial charge in [-0.05, 0) is 76.8 Å². The molecule has 0 amide bonds. The fourth-order valence-electron chi connectivity index (χ4n) is 5.36. The van der Waals surface area contributed by atoms with Crippen LogP contribution >= 0.6 is 0 Å². The molecule has 0 saturated heterocycles. The van der Waals surface area contributed by atoms with Crippen molar-refractivity contribution in [3.05, 3.63) is 36.0 Å². The summed E-state index contributed by atoms with van der Waals surface area (Å²) in [4.78, 5) is 13.8. The summed E-state index contributed by atoms with van der Waals surface area (Å²) in [7, 11) is 0. The minimum absolute atomic E-state index is 0.0543. The van der Waals surface area contributed by atoms with Crippen LogP contribution in [0.2, 0.25) is 0 Å². The summed E-state index contributed by atoms with van der Waals surface area (Å²) in [5, 5.41) is 26.6. The molecule has 0 bridgehead atoms. The number of nitrogens with one attached hydrogen (secondary N) is 2. The first-order chi connectivity index (χ1) is 16.7. The summed E-state index contributed by atoms with van der Waals surface area (Å²) in [5.41, 5.74) is -0.0170. The van der Waals surface area contributed by atoms with Gasteiger partial charge in [0.15, 0.2) is 5.65 Å². The average molecular weight is 487 g/mol. The highest BCUT2D eigenvalue weighted by molar-refractivity contribution is 5.76. The van der Waals surface area contributed by atoms with E-state index in [1.165, 1.54) is 18.2 Å². The highest BCUT2D eigenvalue weighted by Gasteiger charge is 2.37. The fraction of sp³-hybridized carbons (Fsp3) is 0.560. The van der Waals surface area contributed by atoms with Crippen molar-refractivity contribution in [3.63, 3.8) is 0 Å². The molecule has 2 aliphatic carbocycles. The Morgan fingerprint density at radius 2 is 1.74 bits per heavy atom. The average Bonchev–Trinajstić information content (AvgIpc) is 3.42. The molecule has 2 aliphatic rings. The Labute approximate surface area is 202 Å². The van der Waals surface area contributed by atoms with E-state index in [2.05, 4.69) is 20.6 Å². The molecule has 0 spiro atoms. The molecule has 5 rings (SSSR count). The topological polar surface area (TPSA) is 108 Å². The molecule has 1 aromatic carbocycles. The SMILES string of the molecule is CC(C)(O)[C@@H]1CCC(n2c(Nc3c(F)cccc3F)nc3cnc(N[C@H]4CC[C@H](O)CC4)nc32)C1. The predicted octanol–water partition coefficient (Wildman–Crippen LogP) is 4.68. The number of rotatable bonds is 6. The molecule has 10 heteroatoms. The summed E-state index contributed by atoms with van der Waals surface area (Å²) >= 11 is 0. The van der Waals surface area contributed by atoms with Gasteiger partial charge in [-0.1, -0.05) is 6.07 Å². The maximum absolute atomic E-state index is 14.4. The van der Waals surface area contributed by atoms with E-state index in [4.69, 9.17) is 4.98 Å². The highest BCUT2D eigenvalue weighted by atomic mass is 19.1. The molecule has 2 saturated carbocycles. The molecule has 35 heavy (non-hydrogen) atoms. The molecule has 3 aromatic rings. The van der Waals surface area contributed by atoms with Crippen molar-refractivity contribution in [2.75, 3.05) is 10.6 Å². The normalized spacial score (nSPS) is 25.2.